The van der Waals surface area contributed by atoms with Gasteiger partial charge in [0, 0.05) is 0 Å². The minimum absolute atomic E-state index is 0.377. The molecule has 0 unspecified atom stereocenters. The fourth-order valence-corrected chi connectivity index (χ4v) is 1.15. The molecule has 0 aliphatic heterocycles. The zero-order chi connectivity index (χ0) is 10.6. The van der Waals surface area contributed by atoms with Gasteiger partial charge >= 0.3 is 6.03 Å². The number of benzene rings is 1. The van der Waals surface area contributed by atoms with Gasteiger partial charge in [0.15, 0.2) is 0 Å². The van der Waals surface area contributed by atoms with Crippen molar-refractivity contribution in [2.75, 3.05) is 7.11 Å². The second-order valence-corrected chi connectivity index (χ2v) is 3.23. The Morgan fingerprint density at radius 2 is 2.07 bits per heavy atom. The SMILES string of the molecule is COc1ccc(CN(S)C(N)=O)cc1. The van der Waals surface area contributed by atoms with E-state index in [2.05, 4.69) is 12.8 Å². The number of ether oxygens (including phenoxy) is 1. The molecule has 4 nitrogen and oxygen atoms in total. The van der Waals surface area contributed by atoms with Crippen molar-refractivity contribution >= 4 is 18.8 Å². The van der Waals surface area contributed by atoms with E-state index < -0.39 is 6.03 Å². The van der Waals surface area contributed by atoms with Crippen molar-refractivity contribution < 1.29 is 9.53 Å². The Morgan fingerprint density at radius 3 is 2.50 bits per heavy atom. The second-order valence-electron chi connectivity index (χ2n) is 2.74. The number of hydrogen-bond acceptors (Lipinski definition) is 3. The van der Waals surface area contributed by atoms with Gasteiger partial charge in [-0.3, -0.25) is 4.31 Å². The molecule has 1 aromatic carbocycles. The van der Waals surface area contributed by atoms with Crippen molar-refractivity contribution in [1.82, 2.24) is 4.31 Å². The molecule has 2 N–H and O–H groups in total. The standard InChI is InChI=1S/C9H12N2O2S/c1-13-8-4-2-7(3-5-8)6-11(14)9(10)12/h2-5,14H,6H2,1H3,(H2,10,12). The van der Waals surface area contributed by atoms with Crippen molar-refractivity contribution in [3.8, 4) is 5.75 Å². The first-order valence-corrected chi connectivity index (χ1v) is 4.42. The average molecular weight is 212 g/mol. The molecule has 0 aliphatic carbocycles. The summed E-state index contributed by atoms with van der Waals surface area (Å²) in [6.07, 6.45) is 0. The molecule has 0 saturated carbocycles. The zero-order valence-electron chi connectivity index (χ0n) is 7.80. The van der Waals surface area contributed by atoms with E-state index in [0.717, 1.165) is 15.6 Å². The minimum Gasteiger partial charge on any atom is -0.497 e. The summed E-state index contributed by atoms with van der Waals surface area (Å²) in [6.45, 7) is 0.377. The molecule has 0 saturated heterocycles. The highest BCUT2D eigenvalue weighted by Gasteiger charge is 2.04. The van der Waals surface area contributed by atoms with E-state index in [9.17, 15) is 4.79 Å². The minimum atomic E-state index is -0.566. The maximum Gasteiger partial charge on any atom is 0.324 e. The first-order chi connectivity index (χ1) is 6.63. The van der Waals surface area contributed by atoms with Crippen LogP contribution in [0.4, 0.5) is 4.79 Å². The summed E-state index contributed by atoms with van der Waals surface area (Å²) >= 11 is 3.91. The van der Waals surface area contributed by atoms with E-state index in [1.54, 1.807) is 7.11 Å². The maximum atomic E-state index is 10.7. The smallest absolute Gasteiger partial charge is 0.324 e. The highest BCUT2D eigenvalue weighted by Crippen LogP contribution is 2.13. The predicted molar refractivity (Wildman–Crippen MR) is 57.1 cm³/mol. The topological polar surface area (TPSA) is 55.6 Å². The van der Waals surface area contributed by atoms with Gasteiger partial charge in [0.2, 0.25) is 0 Å². The lowest BCUT2D eigenvalue weighted by molar-refractivity contribution is 0.234. The maximum absolute atomic E-state index is 10.7. The molecule has 14 heavy (non-hydrogen) atoms. The van der Waals surface area contributed by atoms with E-state index >= 15 is 0 Å². The molecule has 0 fully saturated rings. The molecule has 0 spiro atoms. The van der Waals surface area contributed by atoms with Gasteiger partial charge in [0.05, 0.1) is 13.7 Å². The number of hydrogen-bond donors (Lipinski definition) is 2. The summed E-state index contributed by atoms with van der Waals surface area (Å²) in [5, 5.41) is 0. The van der Waals surface area contributed by atoms with Crippen LogP contribution in [-0.2, 0) is 6.54 Å². The normalized spacial score (nSPS) is 9.57. The monoisotopic (exact) mass is 212 g/mol. The molecule has 0 bridgehead atoms. The average Bonchev–Trinajstić information content (AvgIpc) is 2.19. The summed E-state index contributed by atoms with van der Waals surface area (Å²) in [7, 11) is 1.60. The van der Waals surface area contributed by atoms with Gasteiger partial charge in [-0.05, 0) is 17.7 Å². The first kappa shape index (κ1) is 10.7. The Balaban J connectivity index is 2.64. The Hall–Kier alpha value is -1.36. The van der Waals surface area contributed by atoms with Gasteiger partial charge in [-0.1, -0.05) is 24.9 Å². The van der Waals surface area contributed by atoms with Crippen LogP contribution in [0.25, 0.3) is 0 Å². The predicted octanol–water partition coefficient (Wildman–Crippen LogP) is 1.42. The molecule has 5 heteroatoms. The third-order valence-corrected chi connectivity index (χ3v) is 2.08. The quantitative estimate of drug-likeness (QED) is 0.744. The van der Waals surface area contributed by atoms with E-state index in [4.69, 9.17) is 10.5 Å². The van der Waals surface area contributed by atoms with Crippen LogP contribution in [0.5, 0.6) is 5.75 Å². The Bertz CT molecular complexity index is 313. The fourth-order valence-electron chi connectivity index (χ4n) is 0.982. The lowest BCUT2D eigenvalue weighted by atomic mass is 10.2. The zero-order valence-corrected chi connectivity index (χ0v) is 8.70. The number of methoxy groups -OCH3 is 1. The van der Waals surface area contributed by atoms with Crippen LogP contribution in [0.3, 0.4) is 0 Å². The summed E-state index contributed by atoms with van der Waals surface area (Å²) in [6, 6.07) is 6.77. The number of urea groups is 1. The third kappa shape index (κ3) is 2.85. The number of primary amides is 1. The van der Waals surface area contributed by atoms with Gasteiger partial charge in [-0.15, -0.1) is 0 Å². The Kier molecular flexibility index (Phi) is 3.64. The number of rotatable bonds is 3. The number of nitrogens with two attached hydrogens (primary N) is 1. The van der Waals surface area contributed by atoms with E-state index in [-0.39, 0.29) is 0 Å². The van der Waals surface area contributed by atoms with Crippen LogP contribution < -0.4 is 10.5 Å². The van der Waals surface area contributed by atoms with Crippen molar-refractivity contribution in [1.29, 1.82) is 0 Å². The molecule has 0 atom stereocenters. The van der Waals surface area contributed by atoms with Crippen molar-refractivity contribution in [3.05, 3.63) is 29.8 Å². The molecular weight excluding hydrogens is 200 g/mol. The highest BCUT2D eigenvalue weighted by atomic mass is 32.1. The molecule has 1 aromatic rings. The van der Waals surface area contributed by atoms with Crippen LogP contribution in [-0.4, -0.2) is 17.4 Å². The van der Waals surface area contributed by atoms with Gasteiger partial charge in [0.25, 0.3) is 0 Å². The number of carbonyl (C=O) groups excluding carboxylic acids is 1. The van der Waals surface area contributed by atoms with E-state index in [1.807, 2.05) is 24.3 Å². The Morgan fingerprint density at radius 1 is 1.50 bits per heavy atom. The molecule has 0 radical (unpaired) electrons. The molecule has 0 aromatic heterocycles. The Labute approximate surface area is 88.2 Å². The second kappa shape index (κ2) is 4.76. The van der Waals surface area contributed by atoms with Crippen LogP contribution >= 0.6 is 12.8 Å². The van der Waals surface area contributed by atoms with Crippen molar-refractivity contribution in [3.63, 3.8) is 0 Å². The van der Waals surface area contributed by atoms with Crippen molar-refractivity contribution in [2.45, 2.75) is 6.54 Å². The van der Waals surface area contributed by atoms with Crippen LogP contribution in [0.15, 0.2) is 24.3 Å². The van der Waals surface area contributed by atoms with Gasteiger partial charge in [-0.2, -0.15) is 0 Å². The summed E-state index contributed by atoms with van der Waals surface area (Å²) in [4.78, 5) is 10.7. The highest BCUT2D eigenvalue weighted by molar-refractivity contribution is 7.78. The summed E-state index contributed by atoms with van der Waals surface area (Å²) < 4.78 is 6.14. The molecular formula is C9H12N2O2S. The summed E-state index contributed by atoms with van der Waals surface area (Å²) in [5.74, 6) is 0.776. The van der Waals surface area contributed by atoms with Crippen LogP contribution in [0, 0.1) is 0 Å². The number of carbonyl (C=O) groups is 1. The van der Waals surface area contributed by atoms with Gasteiger partial charge in [-0.25, -0.2) is 4.79 Å². The number of thiol groups is 1. The lowest BCUT2D eigenvalue weighted by Crippen LogP contribution is -2.27. The fraction of sp³-hybridized carbons (Fsp3) is 0.222. The molecule has 2 amide bonds. The summed E-state index contributed by atoms with van der Waals surface area (Å²) in [5.41, 5.74) is 5.97. The molecule has 0 heterocycles. The molecule has 0 aliphatic rings. The van der Waals surface area contributed by atoms with Gasteiger partial charge in [0.1, 0.15) is 5.75 Å². The number of amides is 2. The van der Waals surface area contributed by atoms with E-state index in [1.165, 1.54) is 0 Å². The van der Waals surface area contributed by atoms with E-state index in [0.29, 0.717) is 6.54 Å². The largest absolute Gasteiger partial charge is 0.497 e. The first-order valence-electron chi connectivity index (χ1n) is 4.02. The molecule has 1 rings (SSSR count). The number of nitrogens with zero attached hydrogens (tertiary/aromatic N) is 1. The lowest BCUT2D eigenvalue weighted by Gasteiger charge is -2.12. The molecule has 76 valence electrons. The van der Waals surface area contributed by atoms with Crippen LogP contribution in [0.2, 0.25) is 0 Å². The van der Waals surface area contributed by atoms with Crippen molar-refractivity contribution in [2.24, 2.45) is 5.73 Å². The third-order valence-electron chi connectivity index (χ3n) is 1.75. The van der Waals surface area contributed by atoms with Crippen LogP contribution in [0.1, 0.15) is 5.56 Å². The van der Waals surface area contributed by atoms with Gasteiger partial charge < -0.3 is 10.5 Å².